The molecule has 5 heteroatoms. The highest BCUT2D eigenvalue weighted by molar-refractivity contribution is 5.84. The minimum Gasteiger partial charge on any atom is -0.469 e. The molecule has 0 spiro atoms. The van der Waals surface area contributed by atoms with Crippen molar-refractivity contribution in [3.63, 3.8) is 0 Å². The number of hydrogen-bond acceptors (Lipinski definition) is 4. The predicted octanol–water partition coefficient (Wildman–Crippen LogP) is 2.00. The maximum atomic E-state index is 11.8. The van der Waals surface area contributed by atoms with Gasteiger partial charge in [0.2, 0.25) is 0 Å². The van der Waals surface area contributed by atoms with Crippen LogP contribution in [0.5, 0.6) is 0 Å². The summed E-state index contributed by atoms with van der Waals surface area (Å²) in [6, 6.07) is 0. The summed E-state index contributed by atoms with van der Waals surface area (Å²) in [6.07, 6.45) is 2.77. The zero-order valence-corrected chi connectivity index (χ0v) is 11.5. The van der Waals surface area contributed by atoms with Crippen LogP contribution in [0.1, 0.15) is 46.5 Å². The monoisotopic (exact) mass is 255 g/mol. The summed E-state index contributed by atoms with van der Waals surface area (Å²) in [6.45, 7) is 5.46. The van der Waals surface area contributed by atoms with Crippen molar-refractivity contribution in [1.82, 2.24) is 5.32 Å². The lowest BCUT2D eigenvalue weighted by molar-refractivity contribution is -0.148. The highest BCUT2D eigenvalue weighted by Gasteiger charge is 2.71. The second-order valence-electron chi connectivity index (χ2n) is 6.28. The number of ether oxygens (including phenoxy) is 2. The number of hydrogen-bond donors (Lipinski definition) is 1. The Kier molecular flexibility index (Phi) is 2.83. The number of alkyl carbamates (subject to hydrolysis) is 1. The summed E-state index contributed by atoms with van der Waals surface area (Å²) in [7, 11) is 1.39. The molecule has 0 radical (unpaired) electrons. The molecule has 102 valence electrons. The molecule has 0 atom stereocenters. The lowest BCUT2D eigenvalue weighted by atomic mass is 9.94. The first kappa shape index (κ1) is 13.2. The first-order valence-electron chi connectivity index (χ1n) is 6.34. The Hall–Kier alpha value is -1.26. The van der Waals surface area contributed by atoms with Crippen molar-refractivity contribution in [2.24, 2.45) is 5.41 Å². The average molecular weight is 255 g/mol. The van der Waals surface area contributed by atoms with Crippen molar-refractivity contribution < 1.29 is 19.1 Å². The molecule has 0 aromatic carbocycles. The van der Waals surface area contributed by atoms with Crippen molar-refractivity contribution >= 4 is 12.1 Å². The Morgan fingerprint density at radius 1 is 1.11 bits per heavy atom. The number of nitrogens with one attached hydrogen (secondary N) is 1. The van der Waals surface area contributed by atoms with Crippen LogP contribution in [0, 0.1) is 5.41 Å². The van der Waals surface area contributed by atoms with Crippen LogP contribution in [0.4, 0.5) is 4.79 Å². The zero-order chi connectivity index (χ0) is 13.6. The quantitative estimate of drug-likeness (QED) is 0.783. The molecular weight excluding hydrogens is 234 g/mol. The smallest absolute Gasteiger partial charge is 0.408 e. The van der Waals surface area contributed by atoms with Crippen LogP contribution in [-0.2, 0) is 14.3 Å². The summed E-state index contributed by atoms with van der Waals surface area (Å²) in [5.41, 5.74) is -1.46. The van der Waals surface area contributed by atoms with E-state index in [2.05, 4.69) is 5.32 Å². The van der Waals surface area contributed by atoms with Crippen LogP contribution in [0.15, 0.2) is 0 Å². The minimum atomic E-state index is -0.526. The van der Waals surface area contributed by atoms with E-state index in [1.54, 1.807) is 0 Å². The lowest BCUT2D eigenvalue weighted by Gasteiger charge is -2.27. The molecule has 0 saturated heterocycles. The third kappa shape index (κ3) is 2.18. The molecule has 0 aromatic heterocycles. The maximum absolute atomic E-state index is 11.8. The van der Waals surface area contributed by atoms with Gasteiger partial charge in [0, 0.05) is 0 Å². The maximum Gasteiger partial charge on any atom is 0.408 e. The molecule has 0 heterocycles. The number of carbonyl (C=O) groups excluding carboxylic acids is 2. The second kappa shape index (κ2) is 3.87. The van der Waals surface area contributed by atoms with Gasteiger partial charge in [0.15, 0.2) is 0 Å². The fourth-order valence-electron chi connectivity index (χ4n) is 2.55. The van der Waals surface area contributed by atoms with Crippen molar-refractivity contribution in [3.05, 3.63) is 0 Å². The fraction of sp³-hybridized carbons (Fsp3) is 0.846. The van der Waals surface area contributed by atoms with Gasteiger partial charge in [-0.15, -0.1) is 0 Å². The van der Waals surface area contributed by atoms with E-state index < -0.39 is 22.6 Å². The molecule has 2 aliphatic carbocycles. The third-order valence-corrected chi connectivity index (χ3v) is 3.73. The van der Waals surface area contributed by atoms with Crippen LogP contribution in [-0.4, -0.2) is 30.3 Å². The molecule has 2 fully saturated rings. The second-order valence-corrected chi connectivity index (χ2v) is 6.28. The topological polar surface area (TPSA) is 64.6 Å². The summed E-state index contributed by atoms with van der Waals surface area (Å²) in [5.74, 6) is -0.212. The molecule has 2 aliphatic rings. The van der Waals surface area contributed by atoms with Gasteiger partial charge in [0.1, 0.15) is 5.60 Å². The van der Waals surface area contributed by atoms with Crippen LogP contribution >= 0.6 is 0 Å². The van der Waals surface area contributed by atoms with E-state index >= 15 is 0 Å². The van der Waals surface area contributed by atoms with Crippen LogP contribution in [0.2, 0.25) is 0 Å². The van der Waals surface area contributed by atoms with Crippen molar-refractivity contribution in [3.8, 4) is 0 Å². The first-order chi connectivity index (χ1) is 8.25. The molecule has 0 aliphatic heterocycles. The Morgan fingerprint density at radius 3 is 2.00 bits per heavy atom. The summed E-state index contributed by atoms with van der Waals surface area (Å²) in [4.78, 5) is 23.6. The van der Waals surface area contributed by atoms with E-state index in [9.17, 15) is 9.59 Å². The van der Waals surface area contributed by atoms with Crippen LogP contribution < -0.4 is 5.32 Å². The van der Waals surface area contributed by atoms with Gasteiger partial charge in [-0.1, -0.05) is 0 Å². The summed E-state index contributed by atoms with van der Waals surface area (Å²) in [5, 5.41) is 2.88. The average Bonchev–Trinajstić information content (AvgIpc) is 3.06. The molecule has 1 amide bonds. The molecular formula is C13H21NO4. The number of carbonyl (C=O) groups is 2. The van der Waals surface area contributed by atoms with E-state index in [0.29, 0.717) is 0 Å². The van der Waals surface area contributed by atoms with Gasteiger partial charge in [0.05, 0.1) is 18.1 Å². The van der Waals surface area contributed by atoms with Crippen LogP contribution in [0.25, 0.3) is 0 Å². The van der Waals surface area contributed by atoms with Gasteiger partial charge in [-0.25, -0.2) is 4.79 Å². The molecule has 0 bridgehead atoms. The molecule has 1 N–H and O–H groups in total. The van der Waals surface area contributed by atoms with Gasteiger partial charge in [-0.3, -0.25) is 4.79 Å². The number of rotatable bonds is 3. The van der Waals surface area contributed by atoms with Gasteiger partial charge in [0.25, 0.3) is 0 Å². The third-order valence-electron chi connectivity index (χ3n) is 3.73. The fourth-order valence-corrected chi connectivity index (χ4v) is 2.55. The molecule has 0 aromatic rings. The van der Waals surface area contributed by atoms with Gasteiger partial charge >= 0.3 is 12.1 Å². The van der Waals surface area contributed by atoms with Crippen LogP contribution in [0.3, 0.4) is 0 Å². The number of methoxy groups -OCH3 is 1. The first-order valence-corrected chi connectivity index (χ1v) is 6.34. The van der Waals surface area contributed by atoms with E-state index in [0.717, 1.165) is 25.7 Å². The van der Waals surface area contributed by atoms with Crippen molar-refractivity contribution in [1.29, 1.82) is 0 Å². The molecule has 2 saturated carbocycles. The Labute approximate surface area is 107 Å². The van der Waals surface area contributed by atoms with E-state index in [1.807, 2.05) is 20.8 Å². The van der Waals surface area contributed by atoms with Crippen molar-refractivity contribution in [2.75, 3.05) is 7.11 Å². The molecule has 2 rings (SSSR count). The predicted molar refractivity (Wildman–Crippen MR) is 65.0 cm³/mol. The molecule has 5 nitrogen and oxygen atoms in total. The van der Waals surface area contributed by atoms with E-state index in [4.69, 9.17) is 9.47 Å². The van der Waals surface area contributed by atoms with Gasteiger partial charge in [-0.05, 0) is 46.5 Å². The zero-order valence-electron chi connectivity index (χ0n) is 11.5. The number of amides is 1. The molecule has 18 heavy (non-hydrogen) atoms. The van der Waals surface area contributed by atoms with Crippen molar-refractivity contribution in [2.45, 2.75) is 57.6 Å². The van der Waals surface area contributed by atoms with E-state index in [-0.39, 0.29) is 5.97 Å². The van der Waals surface area contributed by atoms with E-state index in [1.165, 1.54) is 7.11 Å². The SMILES string of the molecule is COC(=O)C1(C2(NC(=O)OC(C)(C)C)CC2)CC1. The summed E-state index contributed by atoms with van der Waals surface area (Å²) < 4.78 is 10.1. The normalized spacial score (nSPS) is 22.9. The standard InChI is InChI=1S/C13H21NO4/c1-11(2,3)18-10(16)14-13(7-8-13)12(5-6-12)9(15)17-4/h5-8H2,1-4H3,(H,14,16). The molecule has 0 unspecified atom stereocenters. The number of esters is 1. The minimum absolute atomic E-state index is 0.212. The largest absolute Gasteiger partial charge is 0.469 e. The summed E-state index contributed by atoms with van der Waals surface area (Å²) >= 11 is 0. The highest BCUT2D eigenvalue weighted by atomic mass is 16.6. The highest BCUT2D eigenvalue weighted by Crippen LogP contribution is 2.64. The Bertz CT molecular complexity index is 375. The Balaban J connectivity index is 2.01. The Morgan fingerprint density at radius 2 is 1.67 bits per heavy atom. The lowest BCUT2D eigenvalue weighted by Crippen LogP contribution is -2.49. The van der Waals surface area contributed by atoms with Gasteiger partial charge in [-0.2, -0.15) is 0 Å². The van der Waals surface area contributed by atoms with Gasteiger partial charge < -0.3 is 14.8 Å².